The molecule has 2 bridgehead atoms. The quantitative estimate of drug-likeness (QED) is 0.851. The highest BCUT2D eigenvalue weighted by Gasteiger charge is 2.64. The second-order valence-electron chi connectivity index (χ2n) is 7.53. The topological polar surface area (TPSA) is 32.7 Å². The van der Waals surface area contributed by atoms with Crippen molar-refractivity contribution in [1.82, 2.24) is 4.90 Å². The maximum atomic E-state index is 10.6. The Balaban J connectivity index is 1.76. The Labute approximate surface area is 137 Å². The molecule has 0 radical (unpaired) electrons. The third-order valence-corrected chi connectivity index (χ3v) is 6.57. The van der Waals surface area contributed by atoms with Crippen LogP contribution in [0.25, 0.3) is 0 Å². The fourth-order valence-electron chi connectivity index (χ4n) is 5.67. The van der Waals surface area contributed by atoms with E-state index < -0.39 is 6.10 Å². The van der Waals surface area contributed by atoms with Gasteiger partial charge in [0.15, 0.2) is 0 Å². The molecule has 1 aromatic rings. The molecule has 5 atom stereocenters. The number of aliphatic hydroxyl groups excluding tert-OH is 1. The fourth-order valence-corrected chi connectivity index (χ4v) is 5.67. The van der Waals surface area contributed by atoms with Crippen LogP contribution in [0.5, 0.6) is 5.75 Å². The molecule has 2 aliphatic carbocycles. The Hall–Kier alpha value is -1.58. The molecule has 4 aliphatic rings. The lowest BCUT2D eigenvalue weighted by Crippen LogP contribution is -2.65. The SMILES string of the molecule is C=CCN1CC[C@]23c4c5ccc(C)c4OC2C(O)C=CC3[C@H]1C5. The van der Waals surface area contributed by atoms with E-state index in [1.165, 1.54) is 16.7 Å². The molecule has 23 heavy (non-hydrogen) atoms. The minimum atomic E-state index is -0.504. The molecule has 3 heteroatoms. The van der Waals surface area contributed by atoms with Crippen molar-refractivity contribution in [2.24, 2.45) is 5.92 Å². The molecule has 1 N–H and O–H groups in total. The third-order valence-electron chi connectivity index (χ3n) is 6.57. The number of piperidine rings is 1. The van der Waals surface area contributed by atoms with Gasteiger partial charge in [0, 0.05) is 29.5 Å². The number of hydrogen-bond acceptors (Lipinski definition) is 3. The normalized spacial score (nSPS) is 39.7. The molecule has 120 valence electrons. The highest BCUT2D eigenvalue weighted by molar-refractivity contribution is 5.59. The van der Waals surface area contributed by atoms with E-state index in [1.54, 1.807) is 0 Å². The number of hydrogen-bond donors (Lipinski definition) is 1. The summed E-state index contributed by atoms with van der Waals surface area (Å²) in [7, 11) is 0. The largest absolute Gasteiger partial charge is 0.486 e. The molecule has 1 spiro atoms. The Bertz CT molecular complexity index is 725. The van der Waals surface area contributed by atoms with Gasteiger partial charge in [-0.05, 0) is 37.4 Å². The molecule has 2 aliphatic heterocycles. The second kappa shape index (κ2) is 4.49. The van der Waals surface area contributed by atoms with Crippen LogP contribution >= 0.6 is 0 Å². The van der Waals surface area contributed by atoms with Crippen LogP contribution in [-0.2, 0) is 11.8 Å². The maximum absolute atomic E-state index is 10.6. The highest BCUT2D eigenvalue weighted by atomic mass is 16.5. The van der Waals surface area contributed by atoms with Gasteiger partial charge in [0.2, 0.25) is 0 Å². The maximum Gasteiger partial charge on any atom is 0.138 e. The Morgan fingerprint density at radius 3 is 3.13 bits per heavy atom. The van der Waals surface area contributed by atoms with Crippen LogP contribution in [0.2, 0.25) is 0 Å². The van der Waals surface area contributed by atoms with Crippen LogP contribution in [0.15, 0.2) is 36.9 Å². The van der Waals surface area contributed by atoms with E-state index in [-0.39, 0.29) is 11.5 Å². The summed E-state index contributed by atoms with van der Waals surface area (Å²) in [5.41, 5.74) is 3.99. The zero-order valence-corrected chi connectivity index (χ0v) is 13.5. The lowest BCUT2D eigenvalue weighted by molar-refractivity contribution is -0.0486. The first-order chi connectivity index (χ1) is 11.2. The van der Waals surface area contributed by atoms with Crippen molar-refractivity contribution in [3.8, 4) is 5.75 Å². The van der Waals surface area contributed by atoms with Crippen molar-refractivity contribution in [2.45, 2.75) is 43.4 Å². The van der Waals surface area contributed by atoms with Crippen LogP contribution in [0, 0.1) is 12.8 Å². The van der Waals surface area contributed by atoms with Crippen molar-refractivity contribution >= 4 is 0 Å². The summed E-state index contributed by atoms with van der Waals surface area (Å²) in [5.74, 6) is 1.48. The van der Waals surface area contributed by atoms with E-state index in [1.807, 2.05) is 12.2 Å². The second-order valence-corrected chi connectivity index (χ2v) is 7.53. The van der Waals surface area contributed by atoms with Gasteiger partial charge < -0.3 is 9.84 Å². The summed E-state index contributed by atoms with van der Waals surface area (Å²) in [4.78, 5) is 2.56. The smallest absolute Gasteiger partial charge is 0.138 e. The van der Waals surface area contributed by atoms with Gasteiger partial charge in [0.25, 0.3) is 0 Å². The third kappa shape index (κ3) is 1.52. The van der Waals surface area contributed by atoms with Gasteiger partial charge in [-0.2, -0.15) is 0 Å². The summed E-state index contributed by atoms with van der Waals surface area (Å²) in [5, 5.41) is 10.6. The standard InChI is InChI=1S/C20H23NO2/c1-3-9-21-10-8-20-14-6-7-16(22)19(20)23-18-12(2)4-5-13(17(18)20)11-15(14)21/h3-7,14-16,19,22H,1,8-11H2,2H3/t14?,15-,16?,19?,20+/m1/s1. The van der Waals surface area contributed by atoms with E-state index in [0.717, 1.165) is 31.7 Å². The molecule has 1 saturated heterocycles. The minimum Gasteiger partial charge on any atom is -0.486 e. The van der Waals surface area contributed by atoms with Crippen molar-refractivity contribution in [3.05, 3.63) is 53.6 Å². The molecule has 3 nitrogen and oxygen atoms in total. The fraction of sp³-hybridized carbons (Fsp3) is 0.500. The predicted molar refractivity (Wildman–Crippen MR) is 89.8 cm³/mol. The predicted octanol–water partition coefficient (Wildman–Crippen LogP) is 2.36. The Kier molecular flexibility index (Phi) is 2.70. The number of aliphatic hydroxyl groups is 1. The Morgan fingerprint density at radius 1 is 1.43 bits per heavy atom. The highest BCUT2D eigenvalue weighted by Crippen LogP contribution is 2.61. The first-order valence-electron chi connectivity index (χ1n) is 8.68. The molecule has 3 unspecified atom stereocenters. The Morgan fingerprint density at radius 2 is 2.30 bits per heavy atom. The molecular formula is C20H23NO2. The van der Waals surface area contributed by atoms with Gasteiger partial charge >= 0.3 is 0 Å². The summed E-state index contributed by atoms with van der Waals surface area (Å²) in [6, 6.07) is 4.95. The van der Waals surface area contributed by atoms with Crippen LogP contribution < -0.4 is 4.74 Å². The van der Waals surface area contributed by atoms with Crippen molar-refractivity contribution < 1.29 is 9.84 Å². The summed E-state index contributed by atoms with van der Waals surface area (Å²) < 4.78 is 6.38. The minimum absolute atomic E-state index is 0.0363. The number of benzene rings is 1. The van der Waals surface area contributed by atoms with Crippen molar-refractivity contribution in [1.29, 1.82) is 0 Å². The molecule has 0 saturated carbocycles. The van der Waals surface area contributed by atoms with Crippen LogP contribution in [0.3, 0.4) is 0 Å². The lowest BCUT2D eigenvalue weighted by Gasteiger charge is -2.57. The van der Waals surface area contributed by atoms with Crippen LogP contribution in [0.1, 0.15) is 23.1 Å². The van der Waals surface area contributed by atoms with E-state index in [2.05, 4.69) is 36.6 Å². The first kappa shape index (κ1) is 13.8. The van der Waals surface area contributed by atoms with Gasteiger partial charge in [-0.25, -0.2) is 0 Å². The summed E-state index contributed by atoms with van der Waals surface area (Å²) in [6.45, 7) is 8.05. The summed E-state index contributed by atoms with van der Waals surface area (Å²) >= 11 is 0. The average molecular weight is 309 g/mol. The monoisotopic (exact) mass is 309 g/mol. The zero-order chi connectivity index (χ0) is 15.8. The molecule has 0 aromatic heterocycles. The van der Waals surface area contributed by atoms with E-state index >= 15 is 0 Å². The van der Waals surface area contributed by atoms with Gasteiger partial charge in [0.05, 0.1) is 0 Å². The molecule has 1 aromatic carbocycles. The molecule has 1 fully saturated rings. The first-order valence-corrected chi connectivity index (χ1v) is 8.68. The van der Waals surface area contributed by atoms with Gasteiger partial charge in [-0.3, -0.25) is 4.90 Å². The van der Waals surface area contributed by atoms with E-state index in [4.69, 9.17) is 4.74 Å². The molecule has 5 rings (SSSR count). The zero-order valence-electron chi connectivity index (χ0n) is 13.5. The lowest BCUT2D eigenvalue weighted by atomic mass is 9.53. The van der Waals surface area contributed by atoms with Crippen LogP contribution in [-0.4, -0.2) is 41.3 Å². The van der Waals surface area contributed by atoms with Crippen molar-refractivity contribution in [3.63, 3.8) is 0 Å². The van der Waals surface area contributed by atoms with Gasteiger partial charge in [0.1, 0.15) is 18.0 Å². The van der Waals surface area contributed by atoms with Gasteiger partial charge in [-0.1, -0.05) is 30.4 Å². The average Bonchev–Trinajstić information content (AvgIpc) is 2.89. The van der Waals surface area contributed by atoms with E-state index in [0.29, 0.717) is 12.0 Å². The number of rotatable bonds is 2. The van der Waals surface area contributed by atoms with Crippen LogP contribution in [0.4, 0.5) is 0 Å². The van der Waals surface area contributed by atoms with E-state index in [9.17, 15) is 5.11 Å². The summed E-state index contributed by atoms with van der Waals surface area (Å²) in [6.07, 6.45) is 7.74. The van der Waals surface area contributed by atoms with Crippen molar-refractivity contribution in [2.75, 3.05) is 13.1 Å². The number of aryl methyl sites for hydroxylation is 1. The number of likely N-dealkylation sites (tertiary alicyclic amines) is 1. The number of ether oxygens (including phenoxy) is 1. The molecular weight excluding hydrogens is 286 g/mol. The van der Waals surface area contributed by atoms with Gasteiger partial charge in [-0.15, -0.1) is 6.58 Å². The molecule has 0 amide bonds. The number of nitrogens with zero attached hydrogens (tertiary/aromatic N) is 1. The molecule has 2 heterocycles.